The molecule has 17 heavy (non-hydrogen) atoms. The Morgan fingerprint density at radius 1 is 1.59 bits per heavy atom. The molecule has 1 aromatic carbocycles. The van der Waals surface area contributed by atoms with Crippen LogP contribution in [0.5, 0.6) is 0 Å². The van der Waals surface area contributed by atoms with Crippen molar-refractivity contribution in [3.05, 3.63) is 46.0 Å². The van der Waals surface area contributed by atoms with E-state index in [4.69, 9.17) is 0 Å². The molecular formula is C12H16N2O3. The summed E-state index contributed by atoms with van der Waals surface area (Å²) >= 11 is 0. The molecule has 0 spiro atoms. The number of rotatable bonds is 5. The summed E-state index contributed by atoms with van der Waals surface area (Å²) in [6, 6.07) is 4.97. The summed E-state index contributed by atoms with van der Waals surface area (Å²) in [6.45, 7) is 3.52. The van der Waals surface area contributed by atoms with Crippen molar-refractivity contribution in [2.24, 2.45) is 0 Å². The Labute approximate surface area is 99.9 Å². The molecule has 0 aromatic heterocycles. The summed E-state index contributed by atoms with van der Waals surface area (Å²) in [5.41, 5.74) is 0.914. The van der Waals surface area contributed by atoms with E-state index in [1.165, 1.54) is 0 Å². The number of nitro benzene ring substituents is 1. The van der Waals surface area contributed by atoms with E-state index >= 15 is 0 Å². The lowest BCUT2D eigenvalue weighted by Gasteiger charge is -2.13. The average molecular weight is 236 g/mol. The molecule has 0 saturated heterocycles. The monoisotopic (exact) mass is 236 g/mol. The third-order valence-electron chi connectivity index (χ3n) is 2.34. The van der Waals surface area contributed by atoms with Crippen molar-refractivity contribution in [3.8, 4) is 0 Å². The first-order valence-corrected chi connectivity index (χ1v) is 5.36. The molecule has 1 atom stereocenters. The summed E-state index contributed by atoms with van der Waals surface area (Å²) in [5.74, 6) is 0. The van der Waals surface area contributed by atoms with Crippen LogP contribution in [0, 0.1) is 17.0 Å². The van der Waals surface area contributed by atoms with Gasteiger partial charge >= 0.3 is 0 Å². The van der Waals surface area contributed by atoms with E-state index in [9.17, 15) is 15.2 Å². The molecule has 0 radical (unpaired) electrons. The Kier molecular flexibility index (Phi) is 4.66. The number of nitrogens with one attached hydrogen (secondary N) is 1. The van der Waals surface area contributed by atoms with E-state index in [1.54, 1.807) is 31.2 Å². The van der Waals surface area contributed by atoms with Gasteiger partial charge < -0.3 is 10.4 Å². The Bertz CT molecular complexity index is 430. The molecule has 0 aliphatic carbocycles. The molecule has 5 heteroatoms. The minimum atomic E-state index is -0.827. The Morgan fingerprint density at radius 3 is 2.88 bits per heavy atom. The molecule has 0 amide bonds. The molecule has 92 valence electrons. The highest BCUT2D eigenvalue weighted by Gasteiger charge is 2.17. The predicted molar refractivity (Wildman–Crippen MR) is 66.9 cm³/mol. The maximum absolute atomic E-state index is 10.9. The van der Waals surface area contributed by atoms with Crippen molar-refractivity contribution in [2.75, 3.05) is 5.32 Å². The molecule has 0 saturated carbocycles. The lowest BCUT2D eigenvalue weighted by atomic mass is 10.1. The first-order chi connectivity index (χ1) is 8.06. The van der Waals surface area contributed by atoms with Crippen LogP contribution in [0.3, 0.4) is 0 Å². The van der Waals surface area contributed by atoms with Gasteiger partial charge in [-0.05, 0) is 19.9 Å². The minimum Gasteiger partial charge on any atom is -0.373 e. The van der Waals surface area contributed by atoms with Gasteiger partial charge in [0, 0.05) is 12.0 Å². The number of aryl methyl sites for hydroxylation is 1. The molecule has 1 unspecified atom stereocenters. The van der Waals surface area contributed by atoms with Crippen LogP contribution in [0.4, 0.5) is 11.4 Å². The van der Waals surface area contributed by atoms with Crippen LogP contribution < -0.4 is 5.32 Å². The highest BCUT2D eigenvalue weighted by Crippen LogP contribution is 2.28. The normalized spacial score (nSPS) is 12.6. The first-order valence-electron chi connectivity index (χ1n) is 5.36. The highest BCUT2D eigenvalue weighted by atomic mass is 16.6. The zero-order chi connectivity index (χ0) is 12.8. The van der Waals surface area contributed by atoms with Gasteiger partial charge in [0.2, 0.25) is 0 Å². The minimum absolute atomic E-state index is 0.00651. The second-order valence-corrected chi connectivity index (χ2v) is 3.69. The van der Waals surface area contributed by atoms with Crippen molar-refractivity contribution >= 4 is 11.4 Å². The van der Waals surface area contributed by atoms with Gasteiger partial charge in [-0.1, -0.05) is 24.3 Å². The summed E-state index contributed by atoms with van der Waals surface area (Å²) in [5, 5.41) is 23.3. The molecule has 1 rings (SSSR count). The largest absolute Gasteiger partial charge is 0.373 e. The van der Waals surface area contributed by atoms with Gasteiger partial charge in [-0.15, -0.1) is 0 Å². The Balaban J connectivity index is 2.90. The van der Waals surface area contributed by atoms with Crippen LogP contribution in [0.15, 0.2) is 30.4 Å². The van der Waals surface area contributed by atoms with Gasteiger partial charge in [0.1, 0.15) is 11.9 Å². The van der Waals surface area contributed by atoms with Crippen molar-refractivity contribution in [2.45, 2.75) is 26.5 Å². The van der Waals surface area contributed by atoms with Crippen LogP contribution >= 0.6 is 0 Å². The molecule has 0 aliphatic rings. The highest BCUT2D eigenvalue weighted by molar-refractivity contribution is 5.65. The number of nitro groups is 1. The van der Waals surface area contributed by atoms with Crippen LogP contribution in [-0.4, -0.2) is 16.3 Å². The predicted octanol–water partition coefficient (Wildman–Crippen LogP) is 2.60. The van der Waals surface area contributed by atoms with E-state index in [0.717, 1.165) is 0 Å². The van der Waals surface area contributed by atoms with Crippen molar-refractivity contribution in [1.29, 1.82) is 0 Å². The molecule has 0 aliphatic heterocycles. The zero-order valence-corrected chi connectivity index (χ0v) is 9.88. The van der Waals surface area contributed by atoms with E-state index in [1.807, 2.05) is 13.0 Å². The summed E-state index contributed by atoms with van der Waals surface area (Å²) < 4.78 is 0. The third-order valence-corrected chi connectivity index (χ3v) is 2.34. The topological polar surface area (TPSA) is 75.4 Å². The molecule has 0 fully saturated rings. The number of para-hydroxylation sites is 1. The summed E-state index contributed by atoms with van der Waals surface area (Å²) in [4.78, 5) is 10.5. The van der Waals surface area contributed by atoms with Gasteiger partial charge in [-0.2, -0.15) is 0 Å². The molecule has 0 heterocycles. The number of anilines is 1. The summed E-state index contributed by atoms with van der Waals surface area (Å²) in [7, 11) is 0. The van der Waals surface area contributed by atoms with E-state index in [2.05, 4.69) is 5.32 Å². The van der Waals surface area contributed by atoms with Gasteiger partial charge in [-0.25, -0.2) is 0 Å². The smallest absolute Gasteiger partial charge is 0.295 e. The van der Waals surface area contributed by atoms with Crippen LogP contribution in [0.25, 0.3) is 0 Å². The van der Waals surface area contributed by atoms with E-state index in [-0.39, 0.29) is 5.69 Å². The number of aliphatic hydroxyl groups excluding tert-OH is 1. The van der Waals surface area contributed by atoms with Gasteiger partial charge in [-0.3, -0.25) is 10.1 Å². The number of hydrogen-bond donors (Lipinski definition) is 2. The van der Waals surface area contributed by atoms with Crippen LogP contribution in [0.1, 0.15) is 18.9 Å². The molecular weight excluding hydrogens is 220 g/mol. The van der Waals surface area contributed by atoms with Crippen molar-refractivity contribution in [3.63, 3.8) is 0 Å². The van der Waals surface area contributed by atoms with Gasteiger partial charge in [0.15, 0.2) is 0 Å². The van der Waals surface area contributed by atoms with E-state index < -0.39 is 11.2 Å². The molecule has 1 aromatic rings. The second kappa shape index (κ2) is 6.00. The number of nitrogens with zero attached hydrogens (tertiary/aromatic N) is 1. The number of benzene rings is 1. The number of allylic oxidation sites excluding steroid dienone is 1. The summed E-state index contributed by atoms with van der Waals surface area (Å²) in [6.07, 6.45) is 3.18. The number of hydrogen-bond acceptors (Lipinski definition) is 4. The van der Waals surface area contributed by atoms with Crippen molar-refractivity contribution in [1.82, 2.24) is 0 Å². The van der Waals surface area contributed by atoms with Crippen molar-refractivity contribution < 1.29 is 10.0 Å². The van der Waals surface area contributed by atoms with Gasteiger partial charge in [0.25, 0.3) is 5.69 Å². The molecule has 2 N–H and O–H groups in total. The Hall–Kier alpha value is -1.88. The maximum Gasteiger partial charge on any atom is 0.295 e. The third kappa shape index (κ3) is 3.57. The quantitative estimate of drug-likeness (QED) is 0.356. The SMILES string of the molecule is C/C=C/CC(O)Nc1cccc(C)c1[N+](=O)[O-]. The van der Waals surface area contributed by atoms with Crippen LogP contribution in [0.2, 0.25) is 0 Å². The lowest BCUT2D eigenvalue weighted by Crippen LogP contribution is -2.18. The van der Waals surface area contributed by atoms with Crippen LogP contribution in [-0.2, 0) is 0 Å². The average Bonchev–Trinajstić information content (AvgIpc) is 2.25. The maximum atomic E-state index is 10.9. The van der Waals surface area contributed by atoms with E-state index in [0.29, 0.717) is 17.7 Å². The molecule has 5 nitrogen and oxygen atoms in total. The standard InChI is InChI=1S/C12H16N2O3/c1-3-4-8-11(15)13-10-7-5-6-9(2)12(10)14(16)17/h3-7,11,13,15H,8H2,1-2H3/b4-3+. The van der Waals surface area contributed by atoms with Gasteiger partial charge in [0.05, 0.1) is 4.92 Å². The fraction of sp³-hybridized carbons (Fsp3) is 0.333. The second-order valence-electron chi connectivity index (χ2n) is 3.69. The zero-order valence-electron chi connectivity index (χ0n) is 9.88. The Morgan fingerprint density at radius 2 is 2.29 bits per heavy atom. The first kappa shape index (κ1) is 13.2. The fourth-order valence-corrected chi connectivity index (χ4v) is 1.52. The number of aliphatic hydroxyl groups is 1. The molecule has 0 bridgehead atoms. The fourth-order valence-electron chi connectivity index (χ4n) is 1.52. The lowest BCUT2D eigenvalue weighted by molar-refractivity contribution is -0.384.